The van der Waals surface area contributed by atoms with E-state index in [0.29, 0.717) is 0 Å². The fraction of sp³-hybridized carbons (Fsp3) is 0.327. The van der Waals surface area contributed by atoms with E-state index in [1.165, 1.54) is 43.6 Å². The average Bonchev–Trinajstić information content (AvgIpc) is 4.16. The first kappa shape index (κ1) is 53.9. The molecule has 8 heterocycles. The number of hydrogen-bond acceptors (Lipinski definition) is 8. The van der Waals surface area contributed by atoms with Crippen LogP contribution in [0.25, 0.3) is 43.9 Å². The Labute approximate surface area is 376 Å². The molecule has 0 bridgehead atoms. The second-order valence-electron chi connectivity index (χ2n) is 12.6. The number of hydrogen-bond donors (Lipinski definition) is 0. The van der Waals surface area contributed by atoms with Crippen LogP contribution in [0.2, 0.25) is 0 Å². The van der Waals surface area contributed by atoms with E-state index >= 15 is 0 Å². The maximum Gasteiger partial charge on any atom is 0.157 e. The molecule has 10 rings (SSSR count). The van der Waals surface area contributed by atoms with Gasteiger partial charge >= 0.3 is 0 Å². The number of pyridine rings is 4. The van der Waals surface area contributed by atoms with Gasteiger partial charge in [0.15, 0.2) is 11.3 Å². The molecule has 8 aromatic heterocycles. The SMILES string of the molecule is CC.CC.CC.CC.CC.Cc1cnc2c(c1)C=CC2.Cc1cnc2c(cnn2C)c1.Cc1cnc2ccccc2c1.Cc1cnc2ccnn2c1.Cc1cnc2ccsc2c1. The maximum absolute atomic E-state index is 4.30. The summed E-state index contributed by atoms with van der Waals surface area (Å²) in [7, 11) is 1.89. The molecular formula is C52H71N9S. The van der Waals surface area contributed by atoms with E-state index in [0.717, 1.165) is 39.7 Å². The Hall–Kier alpha value is -6.13. The molecule has 0 saturated heterocycles. The third-order valence-corrected chi connectivity index (χ3v) is 8.85. The largest absolute Gasteiger partial charge is 0.260 e. The van der Waals surface area contributed by atoms with Crippen LogP contribution in [0.5, 0.6) is 0 Å². The Kier molecular flexibility index (Phi) is 26.8. The molecule has 0 N–H and O–H groups in total. The third-order valence-electron chi connectivity index (χ3n) is 8.00. The molecular weight excluding hydrogens is 783 g/mol. The van der Waals surface area contributed by atoms with Gasteiger partial charge in [0.2, 0.25) is 0 Å². The molecule has 0 unspecified atom stereocenters. The zero-order chi connectivity index (χ0) is 46.5. The van der Waals surface area contributed by atoms with Crippen molar-refractivity contribution in [1.29, 1.82) is 0 Å². The molecule has 9 nitrogen and oxygen atoms in total. The highest BCUT2D eigenvalue weighted by molar-refractivity contribution is 7.17. The summed E-state index contributed by atoms with van der Waals surface area (Å²) in [6.45, 7) is 30.2. The fourth-order valence-corrected chi connectivity index (χ4v) is 6.25. The van der Waals surface area contributed by atoms with Gasteiger partial charge in [0.25, 0.3) is 0 Å². The molecule has 0 aliphatic heterocycles. The summed E-state index contributed by atoms with van der Waals surface area (Å²) < 4.78 is 4.81. The van der Waals surface area contributed by atoms with Gasteiger partial charge in [-0.2, -0.15) is 10.2 Å². The van der Waals surface area contributed by atoms with E-state index < -0.39 is 0 Å². The first-order chi connectivity index (χ1) is 30.2. The number of aromatic nitrogens is 9. The van der Waals surface area contributed by atoms with Crippen molar-refractivity contribution in [3.05, 3.63) is 161 Å². The molecule has 0 radical (unpaired) electrons. The number of aryl methyl sites for hydroxylation is 6. The topological polar surface area (TPSA) is 99.6 Å². The van der Waals surface area contributed by atoms with Crippen molar-refractivity contribution in [1.82, 2.24) is 44.3 Å². The van der Waals surface area contributed by atoms with Crippen molar-refractivity contribution in [2.45, 2.75) is 110 Å². The van der Waals surface area contributed by atoms with Crippen LogP contribution in [0.4, 0.5) is 0 Å². The zero-order valence-electron chi connectivity index (χ0n) is 40.3. The number of nitrogens with zero attached hydrogens (tertiary/aromatic N) is 9. The van der Waals surface area contributed by atoms with E-state index in [1.54, 1.807) is 26.7 Å². The van der Waals surface area contributed by atoms with E-state index in [1.807, 2.05) is 164 Å². The van der Waals surface area contributed by atoms with Gasteiger partial charge in [0.1, 0.15) is 0 Å². The minimum Gasteiger partial charge on any atom is -0.260 e. The van der Waals surface area contributed by atoms with Gasteiger partial charge in [-0.05, 0) is 110 Å². The maximum atomic E-state index is 4.30. The van der Waals surface area contributed by atoms with Gasteiger partial charge < -0.3 is 0 Å². The average molecular weight is 854 g/mol. The molecule has 1 aromatic carbocycles. The molecule has 0 amide bonds. The number of rotatable bonds is 0. The summed E-state index contributed by atoms with van der Waals surface area (Å²) in [5, 5.41) is 12.5. The number of fused-ring (bicyclic) bond motifs is 5. The van der Waals surface area contributed by atoms with Crippen LogP contribution in [0, 0.1) is 34.6 Å². The Bertz CT molecular complexity index is 2530. The van der Waals surface area contributed by atoms with Crippen LogP contribution < -0.4 is 0 Å². The van der Waals surface area contributed by atoms with E-state index in [4.69, 9.17) is 0 Å². The van der Waals surface area contributed by atoms with E-state index in [2.05, 4.69) is 104 Å². The van der Waals surface area contributed by atoms with Gasteiger partial charge in [-0.25, -0.2) is 14.5 Å². The number of para-hydroxylation sites is 1. The first-order valence-corrected chi connectivity index (χ1v) is 22.8. The number of allylic oxidation sites excluding steroid dienone is 1. The monoisotopic (exact) mass is 854 g/mol. The van der Waals surface area contributed by atoms with Crippen molar-refractivity contribution in [3.8, 4) is 0 Å². The Morgan fingerprint density at radius 2 is 1.11 bits per heavy atom. The van der Waals surface area contributed by atoms with Crippen LogP contribution in [-0.4, -0.2) is 44.3 Å². The lowest BCUT2D eigenvalue weighted by atomic mass is 10.2. The minimum absolute atomic E-state index is 0.894. The number of benzene rings is 1. The third kappa shape index (κ3) is 17.5. The Balaban J connectivity index is 0.000000368. The van der Waals surface area contributed by atoms with E-state index in [-0.39, 0.29) is 0 Å². The van der Waals surface area contributed by atoms with Gasteiger partial charge in [0, 0.05) is 67.5 Å². The lowest BCUT2D eigenvalue weighted by molar-refractivity contribution is 0.786. The van der Waals surface area contributed by atoms with Crippen molar-refractivity contribution < 1.29 is 0 Å². The van der Waals surface area contributed by atoms with Gasteiger partial charge in [-0.3, -0.25) is 19.6 Å². The smallest absolute Gasteiger partial charge is 0.157 e. The summed E-state index contributed by atoms with van der Waals surface area (Å²) in [5.74, 6) is 0. The molecule has 0 spiro atoms. The molecule has 10 heteroatoms. The summed E-state index contributed by atoms with van der Waals surface area (Å²) >= 11 is 1.74. The quantitative estimate of drug-likeness (QED) is 0.150. The molecule has 0 atom stereocenters. The van der Waals surface area contributed by atoms with Crippen LogP contribution in [-0.2, 0) is 13.5 Å². The van der Waals surface area contributed by atoms with Gasteiger partial charge in [-0.1, -0.05) is 99.6 Å². The zero-order valence-corrected chi connectivity index (χ0v) is 41.1. The predicted molar refractivity (Wildman–Crippen MR) is 270 cm³/mol. The van der Waals surface area contributed by atoms with Gasteiger partial charge in [-0.15, -0.1) is 11.3 Å². The van der Waals surface area contributed by atoms with Crippen molar-refractivity contribution in [3.63, 3.8) is 0 Å². The summed E-state index contributed by atoms with van der Waals surface area (Å²) in [6.07, 6.45) is 20.2. The van der Waals surface area contributed by atoms with Crippen LogP contribution in [0.3, 0.4) is 0 Å². The second kappa shape index (κ2) is 30.8. The minimum atomic E-state index is 0.894. The lowest BCUT2D eigenvalue weighted by Crippen LogP contribution is -1.90. The van der Waals surface area contributed by atoms with Crippen LogP contribution in [0.1, 0.15) is 108 Å². The highest BCUT2D eigenvalue weighted by Crippen LogP contribution is 2.19. The molecule has 9 aromatic rings. The first-order valence-electron chi connectivity index (χ1n) is 22.0. The molecule has 0 saturated carbocycles. The summed E-state index contributed by atoms with van der Waals surface area (Å²) in [4.78, 5) is 21.2. The normalized spacial score (nSPS) is 9.81. The van der Waals surface area contributed by atoms with E-state index in [9.17, 15) is 0 Å². The number of thiophene rings is 1. The summed E-state index contributed by atoms with van der Waals surface area (Å²) in [5.41, 5.74) is 12.5. The standard InChI is InChI=1S/C10H9N.C9H9N.C8H9N3.C8H7NS.C7H7N3.5C2H6/c1-8-6-9-4-2-3-5-10(9)11-7-8;1-7-5-8-3-2-4-9(8)10-6-7;1-6-3-7-5-10-11(2)8(7)9-4-6;1-6-4-8-7(9-5-6)2-3-10-8;1-6-4-8-7-2-3-9-10(7)5-6;5*1-2/h2-7H,1H3;2-3,5-6H,4H2,1H3;3-5H,1-2H3;2*2-5H,1H3;5*1-2H3. The fourth-order valence-electron chi connectivity index (χ4n) is 5.41. The van der Waals surface area contributed by atoms with Crippen LogP contribution >= 0.6 is 11.3 Å². The van der Waals surface area contributed by atoms with Crippen molar-refractivity contribution in [2.75, 3.05) is 0 Å². The van der Waals surface area contributed by atoms with Gasteiger partial charge in [0.05, 0.1) is 33.8 Å². The summed E-state index contributed by atoms with van der Waals surface area (Å²) in [6, 6.07) is 20.6. The van der Waals surface area contributed by atoms with Crippen LogP contribution in [0.15, 0.2) is 122 Å². The molecule has 330 valence electrons. The molecule has 0 fully saturated rings. The molecule has 1 aliphatic rings. The highest BCUT2D eigenvalue weighted by Gasteiger charge is 2.04. The molecule has 62 heavy (non-hydrogen) atoms. The highest BCUT2D eigenvalue weighted by atomic mass is 32.1. The lowest BCUT2D eigenvalue weighted by Gasteiger charge is -1.96. The van der Waals surface area contributed by atoms with Crippen molar-refractivity contribution in [2.24, 2.45) is 7.05 Å². The second-order valence-corrected chi connectivity index (χ2v) is 13.6. The Morgan fingerprint density at radius 1 is 0.532 bits per heavy atom. The van der Waals surface area contributed by atoms with Crippen molar-refractivity contribution >= 4 is 55.2 Å². The Morgan fingerprint density at radius 3 is 1.82 bits per heavy atom. The predicted octanol–water partition coefficient (Wildman–Crippen LogP) is 14.6. The molecule has 1 aliphatic carbocycles.